The van der Waals surface area contributed by atoms with Crippen LogP contribution in [0.2, 0.25) is 0 Å². The number of fused-ring (bicyclic) bond motifs is 1. The quantitative estimate of drug-likeness (QED) is 0.519. The summed E-state index contributed by atoms with van der Waals surface area (Å²) in [7, 11) is -3.87. The molecule has 0 saturated heterocycles. The fourth-order valence-electron chi connectivity index (χ4n) is 3.58. The molecule has 0 bridgehead atoms. The summed E-state index contributed by atoms with van der Waals surface area (Å²) in [5.74, 6) is 0.966. The summed E-state index contributed by atoms with van der Waals surface area (Å²) in [5, 5.41) is 2.91. The molecule has 1 heterocycles. The fraction of sp³-hybridized carbons (Fsp3) is 0.240. The smallest absolute Gasteiger partial charge is 0.262 e. The zero-order valence-electron chi connectivity index (χ0n) is 18.3. The van der Waals surface area contributed by atoms with E-state index in [0.717, 1.165) is 6.42 Å². The van der Waals surface area contributed by atoms with Crippen LogP contribution in [-0.4, -0.2) is 34.1 Å². The Bertz CT molecular complexity index is 1230. The van der Waals surface area contributed by atoms with Gasteiger partial charge in [0.15, 0.2) is 11.5 Å². The van der Waals surface area contributed by atoms with E-state index in [9.17, 15) is 13.2 Å². The van der Waals surface area contributed by atoms with Crippen LogP contribution in [0.1, 0.15) is 35.2 Å². The number of carbonyl (C=O) groups excluding carboxylic acids is 1. The second-order valence-corrected chi connectivity index (χ2v) is 9.53. The average Bonchev–Trinajstić information content (AvgIpc) is 2.84. The largest absolute Gasteiger partial charge is 0.486 e. The average molecular weight is 467 g/mol. The third kappa shape index (κ3) is 5.64. The van der Waals surface area contributed by atoms with E-state index in [-0.39, 0.29) is 10.8 Å². The lowest BCUT2D eigenvalue weighted by Crippen LogP contribution is -2.25. The highest BCUT2D eigenvalue weighted by atomic mass is 32.2. The van der Waals surface area contributed by atoms with Crippen molar-refractivity contribution in [3.8, 4) is 11.5 Å². The van der Waals surface area contributed by atoms with Gasteiger partial charge >= 0.3 is 0 Å². The first kappa shape index (κ1) is 22.7. The van der Waals surface area contributed by atoms with Crippen LogP contribution in [-0.2, 0) is 10.0 Å². The lowest BCUT2D eigenvalue weighted by molar-refractivity contribution is 0.0952. The predicted octanol–water partition coefficient (Wildman–Crippen LogP) is 4.18. The van der Waals surface area contributed by atoms with Crippen molar-refractivity contribution in [2.75, 3.05) is 24.5 Å². The Morgan fingerprint density at radius 2 is 1.70 bits per heavy atom. The first-order chi connectivity index (χ1) is 15.9. The van der Waals surface area contributed by atoms with Crippen molar-refractivity contribution in [3.05, 3.63) is 83.9 Å². The van der Waals surface area contributed by atoms with Gasteiger partial charge in [0.1, 0.15) is 13.2 Å². The molecule has 1 atom stereocenters. The number of hydrogen-bond donors (Lipinski definition) is 2. The van der Waals surface area contributed by atoms with Crippen LogP contribution in [0.15, 0.2) is 77.7 Å². The van der Waals surface area contributed by atoms with Crippen molar-refractivity contribution in [1.82, 2.24) is 5.32 Å². The van der Waals surface area contributed by atoms with E-state index in [0.29, 0.717) is 48.4 Å². The van der Waals surface area contributed by atoms with E-state index in [1.54, 1.807) is 24.3 Å². The predicted molar refractivity (Wildman–Crippen MR) is 126 cm³/mol. The van der Waals surface area contributed by atoms with Crippen molar-refractivity contribution >= 4 is 21.6 Å². The van der Waals surface area contributed by atoms with E-state index < -0.39 is 10.0 Å². The van der Waals surface area contributed by atoms with E-state index >= 15 is 0 Å². The number of amides is 1. The molecule has 33 heavy (non-hydrogen) atoms. The molecule has 0 aliphatic carbocycles. The number of nitrogens with one attached hydrogen (secondary N) is 2. The lowest BCUT2D eigenvalue weighted by Gasteiger charge is -2.19. The number of benzene rings is 3. The standard InChI is InChI=1S/C25H26N2O5S/c1-18(19-6-3-2-4-7-19)12-13-26-25(28)20-8-5-9-21(16-20)27-33(29,30)22-10-11-23-24(17-22)32-15-14-31-23/h2-11,16-18,27H,12-15H2,1H3,(H,26,28). The molecule has 0 spiro atoms. The minimum Gasteiger partial charge on any atom is -0.486 e. The molecule has 0 radical (unpaired) electrons. The summed E-state index contributed by atoms with van der Waals surface area (Å²) in [5.41, 5.74) is 1.90. The third-order valence-electron chi connectivity index (χ3n) is 5.43. The van der Waals surface area contributed by atoms with Crippen LogP contribution >= 0.6 is 0 Å². The molecule has 2 N–H and O–H groups in total. The Morgan fingerprint density at radius 3 is 2.48 bits per heavy atom. The minimum atomic E-state index is -3.87. The van der Waals surface area contributed by atoms with Crippen LogP contribution < -0.4 is 19.5 Å². The van der Waals surface area contributed by atoms with E-state index in [1.807, 2.05) is 18.2 Å². The zero-order valence-corrected chi connectivity index (χ0v) is 19.1. The third-order valence-corrected chi connectivity index (χ3v) is 6.81. The molecule has 3 aromatic rings. The molecule has 8 heteroatoms. The van der Waals surface area contributed by atoms with Gasteiger partial charge in [-0.15, -0.1) is 0 Å². The highest BCUT2D eigenvalue weighted by Crippen LogP contribution is 2.32. The van der Waals surface area contributed by atoms with Crippen LogP contribution in [0.4, 0.5) is 5.69 Å². The van der Waals surface area contributed by atoms with Crippen molar-refractivity contribution in [3.63, 3.8) is 0 Å². The van der Waals surface area contributed by atoms with Gasteiger partial charge in [-0.05, 0) is 48.2 Å². The second-order valence-electron chi connectivity index (χ2n) is 7.85. The molecular weight excluding hydrogens is 440 g/mol. The summed E-state index contributed by atoms with van der Waals surface area (Å²) in [4.78, 5) is 12.6. The summed E-state index contributed by atoms with van der Waals surface area (Å²) in [6.07, 6.45) is 0.798. The fourth-order valence-corrected chi connectivity index (χ4v) is 4.65. The molecule has 4 rings (SSSR count). The number of ether oxygens (including phenoxy) is 2. The summed E-state index contributed by atoms with van der Waals surface area (Å²) >= 11 is 0. The molecule has 1 unspecified atom stereocenters. The van der Waals surface area contributed by atoms with E-state index in [4.69, 9.17) is 9.47 Å². The molecule has 7 nitrogen and oxygen atoms in total. The minimum absolute atomic E-state index is 0.0523. The molecule has 0 saturated carbocycles. The Hall–Kier alpha value is -3.52. The number of carbonyl (C=O) groups is 1. The highest BCUT2D eigenvalue weighted by molar-refractivity contribution is 7.92. The maximum absolute atomic E-state index is 12.8. The zero-order chi connectivity index (χ0) is 23.3. The molecule has 1 aliphatic heterocycles. The number of hydrogen-bond acceptors (Lipinski definition) is 5. The van der Waals surface area contributed by atoms with Crippen LogP contribution in [0.25, 0.3) is 0 Å². The van der Waals surface area contributed by atoms with Gasteiger partial charge < -0.3 is 14.8 Å². The highest BCUT2D eigenvalue weighted by Gasteiger charge is 2.20. The van der Waals surface area contributed by atoms with Crippen molar-refractivity contribution in [1.29, 1.82) is 0 Å². The van der Waals surface area contributed by atoms with Gasteiger partial charge in [-0.25, -0.2) is 8.42 Å². The van der Waals surface area contributed by atoms with Gasteiger partial charge in [0.2, 0.25) is 0 Å². The topological polar surface area (TPSA) is 93.7 Å². The Balaban J connectivity index is 1.38. The van der Waals surface area contributed by atoms with Crippen molar-refractivity contribution in [2.24, 2.45) is 0 Å². The second kappa shape index (κ2) is 9.95. The normalized spacial score (nSPS) is 13.7. The van der Waals surface area contributed by atoms with Gasteiger partial charge in [0.05, 0.1) is 4.90 Å². The Labute approximate surface area is 193 Å². The molecule has 1 amide bonds. The van der Waals surface area contributed by atoms with Crippen LogP contribution in [0, 0.1) is 0 Å². The van der Waals surface area contributed by atoms with Crippen LogP contribution in [0.5, 0.6) is 11.5 Å². The number of sulfonamides is 1. The van der Waals surface area contributed by atoms with Gasteiger partial charge in [0, 0.05) is 23.9 Å². The van der Waals surface area contributed by atoms with Crippen molar-refractivity contribution < 1.29 is 22.7 Å². The van der Waals surface area contributed by atoms with Crippen molar-refractivity contribution in [2.45, 2.75) is 24.2 Å². The van der Waals surface area contributed by atoms with Gasteiger partial charge in [-0.1, -0.05) is 43.3 Å². The molecule has 0 fully saturated rings. The first-order valence-electron chi connectivity index (χ1n) is 10.8. The van der Waals surface area contributed by atoms with Gasteiger partial charge in [-0.3, -0.25) is 9.52 Å². The summed E-state index contributed by atoms with van der Waals surface area (Å²) in [6.45, 7) is 3.43. The maximum Gasteiger partial charge on any atom is 0.262 e. The first-order valence-corrected chi connectivity index (χ1v) is 12.3. The Morgan fingerprint density at radius 1 is 0.939 bits per heavy atom. The molecule has 3 aromatic carbocycles. The summed E-state index contributed by atoms with van der Waals surface area (Å²) < 4.78 is 39.1. The lowest BCUT2D eigenvalue weighted by atomic mass is 9.98. The van der Waals surface area contributed by atoms with Gasteiger partial charge in [-0.2, -0.15) is 0 Å². The SMILES string of the molecule is CC(CCNC(=O)c1cccc(NS(=O)(=O)c2ccc3c(c2)OCCO3)c1)c1ccccc1. The molecular formula is C25H26N2O5S. The maximum atomic E-state index is 12.8. The number of rotatable bonds is 8. The van der Waals surface area contributed by atoms with Gasteiger partial charge in [0.25, 0.3) is 15.9 Å². The number of anilines is 1. The Kier molecular flexibility index (Phi) is 6.84. The summed E-state index contributed by atoms with van der Waals surface area (Å²) in [6, 6.07) is 21.0. The van der Waals surface area contributed by atoms with Crippen LogP contribution in [0.3, 0.4) is 0 Å². The molecule has 172 valence electrons. The van der Waals surface area contributed by atoms with E-state index in [2.05, 4.69) is 29.1 Å². The molecule has 0 aromatic heterocycles. The monoisotopic (exact) mass is 466 g/mol. The molecule has 1 aliphatic rings. The van der Waals surface area contributed by atoms with E-state index in [1.165, 1.54) is 23.8 Å².